The highest BCUT2D eigenvalue weighted by Crippen LogP contribution is 2.52. The van der Waals surface area contributed by atoms with Crippen LogP contribution in [0, 0.1) is 25.1 Å². The average Bonchev–Trinajstić information content (AvgIpc) is 3.15. The zero-order valence-electron chi connectivity index (χ0n) is 17.4. The molecule has 4 rings (SSSR count). The Kier molecular flexibility index (Phi) is 4.48. The molecular formula is C24H29FN2O. The number of nitrogens with one attached hydrogen (secondary N) is 1. The summed E-state index contributed by atoms with van der Waals surface area (Å²) >= 11 is 0. The average molecular weight is 381 g/mol. The lowest BCUT2D eigenvalue weighted by atomic mass is 9.92. The number of fused-ring (bicyclic) bond motifs is 5. The summed E-state index contributed by atoms with van der Waals surface area (Å²) in [5, 5.41) is 3.11. The SMILES string of the molecule is Cc1cc(N2CC3CC2c2ccc(F)cc23)cc(C)c1NC(=O)CC(C)(C)C. The Morgan fingerprint density at radius 2 is 1.82 bits per heavy atom. The van der Waals surface area contributed by atoms with Crippen LogP contribution in [0.4, 0.5) is 15.8 Å². The predicted octanol–water partition coefficient (Wildman–Crippen LogP) is 5.87. The second-order valence-corrected chi connectivity index (χ2v) is 9.61. The van der Waals surface area contributed by atoms with Crippen LogP contribution in [0.1, 0.15) is 67.8 Å². The van der Waals surface area contributed by atoms with Gasteiger partial charge in [0.2, 0.25) is 5.91 Å². The Balaban J connectivity index is 1.58. The van der Waals surface area contributed by atoms with Crippen molar-refractivity contribution < 1.29 is 9.18 Å². The van der Waals surface area contributed by atoms with Gasteiger partial charge in [-0.25, -0.2) is 4.39 Å². The maximum Gasteiger partial charge on any atom is 0.224 e. The maximum absolute atomic E-state index is 13.6. The number of amides is 1. The van der Waals surface area contributed by atoms with E-state index in [1.165, 1.54) is 16.8 Å². The van der Waals surface area contributed by atoms with Crippen LogP contribution in [-0.2, 0) is 4.79 Å². The fourth-order valence-corrected chi connectivity index (χ4v) is 4.81. The van der Waals surface area contributed by atoms with Crippen molar-refractivity contribution in [2.24, 2.45) is 5.41 Å². The van der Waals surface area contributed by atoms with E-state index >= 15 is 0 Å². The molecule has 0 radical (unpaired) electrons. The molecule has 1 saturated heterocycles. The van der Waals surface area contributed by atoms with Crippen LogP contribution < -0.4 is 10.2 Å². The molecule has 2 bridgehead atoms. The van der Waals surface area contributed by atoms with Crippen LogP contribution in [-0.4, -0.2) is 12.5 Å². The van der Waals surface area contributed by atoms with Crippen molar-refractivity contribution >= 4 is 17.3 Å². The summed E-state index contributed by atoms with van der Waals surface area (Å²) in [6, 6.07) is 9.89. The highest BCUT2D eigenvalue weighted by atomic mass is 19.1. The van der Waals surface area contributed by atoms with Crippen molar-refractivity contribution in [1.82, 2.24) is 0 Å². The van der Waals surface area contributed by atoms with E-state index < -0.39 is 0 Å². The van der Waals surface area contributed by atoms with Crippen molar-refractivity contribution in [3.8, 4) is 0 Å². The number of aryl methyl sites for hydroxylation is 2. The quantitative estimate of drug-likeness (QED) is 0.723. The molecule has 2 aromatic rings. The number of anilines is 2. The van der Waals surface area contributed by atoms with Gasteiger partial charge in [0.25, 0.3) is 0 Å². The molecular weight excluding hydrogens is 351 g/mol. The Hall–Kier alpha value is -2.36. The van der Waals surface area contributed by atoms with Crippen molar-refractivity contribution in [2.45, 2.75) is 59.4 Å². The smallest absolute Gasteiger partial charge is 0.224 e. The summed E-state index contributed by atoms with van der Waals surface area (Å²) < 4.78 is 13.6. The standard InChI is InChI=1S/C24H29FN2O/c1-14-8-18(9-15(2)23(14)26-22(28)12-24(3,4)5)27-13-16-10-21(27)19-7-6-17(25)11-20(16)19/h6-9,11,16,21H,10,12-13H2,1-5H3,(H,26,28). The Bertz CT molecular complexity index is 921. The van der Waals surface area contributed by atoms with Crippen molar-refractivity contribution in [1.29, 1.82) is 0 Å². The highest BCUT2D eigenvalue weighted by Gasteiger charge is 2.42. The second kappa shape index (κ2) is 6.61. The van der Waals surface area contributed by atoms with Crippen LogP contribution in [0.3, 0.4) is 0 Å². The lowest BCUT2D eigenvalue weighted by Gasteiger charge is -2.32. The molecule has 2 unspecified atom stereocenters. The first kappa shape index (κ1) is 19.0. The van der Waals surface area contributed by atoms with Crippen LogP contribution in [0.25, 0.3) is 0 Å². The first-order chi connectivity index (χ1) is 13.1. The van der Waals surface area contributed by atoms with Crippen LogP contribution >= 0.6 is 0 Å². The molecule has 0 aromatic heterocycles. The molecule has 2 aliphatic rings. The summed E-state index contributed by atoms with van der Waals surface area (Å²) in [6.07, 6.45) is 1.55. The van der Waals surface area contributed by atoms with E-state index in [2.05, 4.69) is 57.0 Å². The summed E-state index contributed by atoms with van der Waals surface area (Å²) in [5.41, 5.74) is 6.68. The number of hydrogen-bond donors (Lipinski definition) is 1. The zero-order chi connectivity index (χ0) is 20.2. The minimum atomic E-state index is -0.139. The molecule has 0 saturated carbocycles. The van der Waals surface area contributed by atoms with Gasteiger partial charge in [-0.15, -0.1) is 0 Å². The lowest BCUT2D eigenvalue weighted by Crippen LogP contribution is -2.27. The number of hydrogen-bond acceptors (Lipinski definition) is 2. The molecule has 1 amide bonds. The van der Waals surface area contributed by atoms with Gasteiger partial charge in [0.15, 0.2) is 0 Å². The van der Waals surface area contributed by atoms with Gasteiger partial charge in [-0.05, 0) is 72.2 Å². The summed E-state index contributed by atoms with van der Waals surface area (Å²) in [4.78, 5) is 14.8. The monoisotopic (exact) mass is 380 g/mol. The van der Waals surface area contributed by atoms with E-state index in [0.29, 0.717) is 18.4 Å². The molecule has 2 atom stereocenters. The minimum Gasteiger partial charge on any atom is -0.364 e. The third kappa shape index (κ3) is 3.41. The number of carbonyl (C=O) groups is 1. The fourth-order valence-electron chi connectivity index (χ4n) is 4.81. The van der Waals surface area contributed by atoms with Crippen molar-refractivity contribution in [3.63, 3.8) is 0 Å². The number of halogens is 1. The molecule has 0 spiro atoms. The number of benzene rings is 2. The Morgan fingerprint density at radius 3 is 2.46 bits per heavy atom. The van der Waals surface area contributed by atoms with Gasteiger partial charge >= 0.3 is 0 Å². The lowest BCUT2D eigenvalue weighted by molar-refractivity contribution is -0.117. The third-order valence-electron chi connectivity index (χ3n) is 5.95. The van der Waals surface area contributed by atoms with E-state index in [1.54, 1.807) is 12.1 Å². The van der Waals surface area contributed by atoms with Crippen molar-refractivity contribution in [3.05, 3.63) is 58.4 Å². The number of rotatable bonds is 3. The highest BCUT2D eigenvalue weighted by molar-refractivity contribution is 5.93. The fraction of sp³-hybridized carbons (Fsp3) is 0.458. The van der Waals surface area contributed by atoms with Crippen LogP contribution in [0.2, 0.25) is 0 Å². The molecule has 28 heavy (non-hydrogen) atoms. The topological polar surface area (TPSA) is 32.3 Å². The minimum absolute atomic E-state index is 0.0342. The Labute approximate surface area is 166 Å². The van der Waals surface area contributed by atoms with Crippen LogP contribution in [0.5, 0.6) is 0 Å². The molecule has 148 valence electrons. The first-order valence-corrected chi connectivity index (χ1v) is 10.1. The van der Waals surface area contributed by atoms with Gasteiger partial charge in [-0.3, -0.25) is 4.79 Å². The largest absolute Gasteiger partial charge is 0.364 e. The van der Waals surface area contributed by atoms with E-state index in [9.17, 15) is 9.18 Å². The van der Waals surface area contributed by atoms with E-state index in [-0.39, 0.29) is 17.1 Å². The number of carbonyl (C=O) groups excluding carboxylic acids is 1. The molecule has 1 aliphatic heterocycles. The molecule has 1 aliphatic carbocycles. The third-order valence-corrected chi connectivity index (χ3v) is 5.95. The van der Waals surface area contributed by atoms with Gasteiger partial charge in [-0.1, -0.05) is 26.8 Å². The number of nitrogens with zero attached hydrogens (tertiary/aromatic N) is 1. The first-order valence-electron chi connectivity index (χ1n) is 10.1. The van der Waals surface area contributed by atoms with Gasteiger partial charge < -0.3 is 10.2 Å². The molecule has 1 N–H and O–H groups in total. The van der Waals surface area contributed by atoms with Gasteiger partial charge in [0.1, 0.15) is 5.82 Å². The normalized spacial score (nSPS) is 20.4. The summed E-state index contributed by atoms with van der Waals surface area (Å²) in [5.74, 6) is 0.324. The van der Waals surface area contributed by atoms with Gasteiger partial charge in [-0.2, -0.15) is 0 Å². The zero-order valence-corrected chi connectivity index (χ0v) is 17.4. The summed E-state index contributed by atoms with van der Waals surface area (Å²) in [7, 11) is 0. The maximum atomic E-state index is 13.6. The van der Waals surface area contributed by atoms with Gasteiger partial charge in [0, 0.05) is 30.3 Å². The van der Waals surface area contributed by atoms with E-state index in [0.717, 1.165) is 29.8 Å². The molecule has 3 nitrogen and oxygen atoms in total. The molecule has 1 heterocycles. The van der Waals surface area contributed by atoms with E-state index in [4.69, 9.17) is 0 Å². The van der Waals surface area contributed by atoms with Crippen molar-refractivity contribution in [2.75, 3.05) is 16.8 Å². The summed E-state index contributed by atoms with van der Waals surface area (Å²) in [6.45, 7) is 11.3. The Morgan fingerprint density at radius 1 is 1.14 bits per heavy atom. The van der Waals surface area contributed by atoms with Gasteiger partial charge in [0.05, 0.1) is 6.04 Å². The van der Waals surface area contributed by atoms with E-state index in [1.807, 2.05) is 6.07 Å². The molecule has 4 heteroatoms. The molecule has 1 fully saturated rings. The van der Waals surface area contributed by atoms with Crippen LogP contribution in [0.15, 0.2) is 30.3 Å². The second-order valence-electron chi connectivity index (χ2n) is 9.61. The predicted molar refractivity (Wildman–Crippen MR) is 112 cm³/mol. The molecule has 2 aromatic carbocycles.